The Labute approximate surface area is 84.3 Å². The monoisotopic (exact) mass is 196 g/mol. The lowest BCUT2D eigenvalue weighted by Gasteiger charge is -2.18. The summed E-state index contributed by atoms with van der Waals surface area (Å²) in [5.41, 5.74) is 6.58. The van der Waals surface area contributed by atoms with Gasteiger partial charge >= 0.3 is 0 Å². The van der Waals surface area contributed by atoms with E-state index in [1.54, 1.807) is 12.1 Å². The topological polar surface area (TPSA) is 38.0 Å². The van der Waals surface area contributed by atoms with Crippen LogP contribution in [0.1, 0.15) is 25.5 Å². The second-order valence-corrected chi connectivity index (χ2v) is 3.58. The van der Waals surface area contributed by atoms with Gasteiger partial charge in [0.05, 0.1) is 0 Å². The van der Waals surface area contributed by atoms with Gasteiger partial charge in [-0.05, 0) is 31.5 Å². The third kappa shape index (κ3) is 3.09. The van der Waals surface area contributed by atoms with E-state index in [0.29, 0.717) is 6.54 Å². The Bertz CT molecular complexity index is 271. The second kappa shape index (κ2) is 5.08. The van der Waals surface area contributed by atoms with Gasteiger partial charge in [-0.2, -0.15) is 0 Å². The molecule has 14 heavy (non-hydrogen) atoms. The number of benzene rings is 1. The summed E-state index contributed by atoms with van der Waals surface area (Å²) in [6.45, 7) is 4.67. The van der Waals surface area contributed by atoms with Crippen molar-refractivity contribution in [2.45, 2.75) is 25.9 Å². The first-order valence-electron chi connectivity index (χ1n) is 4.85. The average Bonchev–Trinajstić information content (AvgIpc) is 2.18. The minimum absolute atomic E-state index is 0.201. The number of hydrogen-bond donors (Lipinski definition) is 2. The van der Waals surface area contributed by atoms with Crippen LogP contribution in [0, 0.1) is 5.82 Å². The van der Waals surface area contributed by atoms with E-state index in [-0.39, 0.29) is 17.9 Å². The molecule has 1 unspecified atom stereocenters. The van der Waals surface area contributed by atoms with Crippen LogP contribution in [0.15, 0.2) is 24.3 Å². The molecule has 0 fully saturated rings. The lowest BCUT2D eigenvalue weighted by atomic mass is 10.1. The molecular weight excluding hydrogens is 179 g/mol. The van der Waals surface area contributed by atoms with Crippen molar-refractivity contribution in [1.82, 2.24) is 5.32 Å². The first-order chi connectivity index (χ1) is 6.63. The Morgan fingerprint density at radius 2 is 1.86 bits per heavy atom. The number of nitrogens with one attached hydrogen (secondary N) is 1. The average molecular weight is 196 g/mol. The fourth-order valence-electron chi connectivity index (χ4n) is 1.34. The van der Waals surface area contributed by atoms with Crippen LogP contribution < -0.4 is 11.1 Å². The maximum atomic E-state index is 12.6. The van der Waals surface area contributed by atoms with E-state index in [4.69, 9.17) is 5.73 Å². The minimum Gasteiger partial charge on any atom is -0.329 e. The van der Waals surface area contributed by atoms with Gasteiger partial charge in [-0.15, -0.1) is 0 Å². The van der Waals surface area contributed by atoms with E-state index in [1.165, 1.54) is 12.1 Å². The van der Waals surface area contributed by atoms with Crippen LogP contribution in [0.4, 0.5) is 4.39 Å². The van der Waals surface area contributed by atoms with Crippen molar-refractivity contribution in [1.29, 1.82) is 0 Å². The lowest BCUT2D eigenvalue weighted by molar-refractivity contribution is 0.485. The molecule has 2 nitrogen and oxygen atoms in total. The number of nitrogens with two attached hydrogens (primary N) is 1. The fourth-order valence-corrected chi connectivity index (χ4v) is 1.34. The van der Waals surface area contributed by atoms with Crippen molar-refractivity contribution >= 4 is 0 Å². The first-order valence-corrected chi connectivity index (χ1v) is 4.85. The predicted molar refractivity (Wildman–Crippen MR) is 56.5 cm³/mol. The van der Waals surface area contributed by atoms with E-state index < -0.39 is 0 Å². The summed E-state index contributed by atoms with van der Waals surface area (Å²) in [4.78, 5) is 0. The standard InChI is InChI=1S/C11H17FN2/c1-8(7-13)14-9(2)10-3-5-11(12)6-4-10/h3-6,8-9,14H,7,13H2,1-2H3/t8?,9-/m1/s1. The molecule has 0 aliphatic rings. The Balaban J connectivity index is 2.60. The Hall–Kier alpha value is -0.930. The molecule has 78 valence electrons. The van der Waals surface area contributed by atoms with Crippen LogP contribution in [0.5, 0.6) is 0 Å². The van der Waals surface area contributed by atoms with Crippen molar-refractivity contribution in [2.24, 2.45) is 5.73 Å². The molecule has 0 saturated carbocycles. The zero-order chi connectivity index (χ0) is 10.6. The molecule has 0 saturated heterocycles. The van der Waals surface area contributed by atoms with Crippen LogP contribution in [0.25, 0.3) is 0 Å². The van der Waals surface area contributed by atoms with Gasteiger partial charge in [-0.1, -0.05) is 12.1 Å². The molecule has 2 atom stereocenters. The number of rotatable bonds is 4. The lowest BCUT2D eigenvalue weighted by Crippen LogP contribution is -2.34. The number of halogens is 1. The fraction of sp³-hybridized carbons (Fsp3) is 0.455. The highest BCUT2D eigenvalue weighted by Crippen LogP contribution is 2.13. The van der Waals surface area contributed by atoms with Crippen molar-refractivity contribution in [2.75, 3.05) is 6.54 Å². The molecule has 0 aromatic heterocycles. The van der Waals surface area contributed by atoms with Crippen LogP contribution in [0.2, 0.25) is 0 Å². The summed E-state index contributed by atoms with van der Waals surface area (Å²) < 4.78 is 12.6. The summed E-state index contributed by atoms with van der Waals surface area (Å²) >= 11 is 0. The van der Waals surface area contributed by atoms with Crippen molar-refractivity contribution in [3.05, 3.63) is 35.6 Å². The van der Waals surface area contributed by atoms with Gasteiger partial charge in [0.25, 0.3) is 0 Å². The minimum atomic E-state index is -0.201. The Morgan fingerprint density at radius 1 is 1.29 bits per heavy atom. The predicted octanol–water partition coefficient (Wildman–Crippen LogP) is 1.82. The molecule has 0 amide bonds. The van der Waals surface area contributed by atoms with Gasteiger partial charge in [-0.3, -0.25) is 0 Å². The molecular formula is C11H17FN2. The van der Waals surface area contributed by atoms with E-state index in [0.717, 1.165) is 5.56 Å². The van der Waals surface area contributed by atoms with E-state index in [2.05, 4.69) is 5.32 Å². The highest BCUT2D eigenvalue weighted by molar-refractivity contribution is 5.19. The molecule has 3 heteroatoms. The zero-order valence-corrected chi connectivity index (χ0v) is 8.63. The number of hydrogen-bond acceptors (Lipinski definition) is 2. The summed E-state index contributed by atoms with van der Waals surface area (Å²) in [5, 5.41) is 3.32. The van der Waals surface area contributed by atoms with Gasteiger partial charge in [0.1, 0.15) is 5.82 Å². The smallest absolute Gasteiger partial charge is 0.123 e. The van der Waals surface area contributed by atoms with Gasteiger partial charge in [0.15, 0.2) is 0 Å². The molecule has 0 spiro atoms. The highest BCUT2D eigenvalue weighted by atomic mass is 19.1. The summed E-state index contributed by atoms with van der Waals surface area (Å²) in [6.07, 6.45) is 0. The molecule has 1 aromatic rings. The molecule has 1 rings (SSSR count). The van der Waals surface area contributed by atoms with Gasteiger partial charge < -0.3 is 11.1 Å². The van der Waals surface area contributed by atoms with Crippen molar-refractivity contribution in [3.63, 3.8) is 0 Å². The maximum Gasteiger partial charge on any atom is 0.123 e. The van der Waals surface area contributed by atoms with Crippen LogP contribution in [-0.2, 0) is 0 Å². The molecule has 0 aliphatic heterocycles. The SMILES string of the molecule is CC(CN)N[C@H](C)c1ccc(F)cc1. The van der Waals surface area contributed by atoms with E-state index in [1.807, 2.05) is 13.8 Å². The molecule has 0 bridgehead atoms. The van der Waals surface area contributed by atoms with Gasteiger partial charge in [-0.25, -0.2) is 4.39 Å². The highest BCUT2D eigenvalue weighted by Gasteiger charge is 2.07. The summed E-state index contributed by atoms with van der Waals surface area (Å²) in [6, 6.07) is 7.00. The Kier molecular flexibility index (Phi) is 4.04. The van der Waals surface area contributed by atoms with Crippen LogP contribution in [-0.4, -0.2) is 12.6 Å². The van der Waals surface area contributed by atoms with E-state index >= 15 is 0 Å². The molecule has 3 N–H and O–H groups in total. The van der Waals surface area contributed by atoms with Crippen molar-refractivity contribution in [3.8, 4) is 0 Å². The van der Waals surface area contributed by atoms with Crippen LogP contribution >= 0.6 is 0 Å². The Morgan fingerprint density at radius 3 is 2.36 bits per heavy atom. The summed E-state index contributed by atoms with van der Waals surface area (Å²) in [5.74, 6) is -0.201. The molecule has 1 aromatic carbocycles. The quantitative estimate of drug-likeness (QED) is 0.771. The third-order valence-electron chi connectivity index (χ3n) is 2.26. The van der Waals surface area contributed by atoms with E-state index in [9.17, 15) is 4.39 Å². The molecule has 0 heterocycles. The van der Waals surface area contributed by atoms with Crippen LogP contribution in [0.3, 0.4) is 0 Å². The van der Waals surface area contributed by atoms with Gasteiger partial charge in [0, 0.05) is 18.6 Å². The largest absolute Gasteiger partial charge is 0.329 e. The summed E-state index contributed by atoms with van der Waals surface area (Å²) in [7, 11) is 0. The maximum absolute atomic E-state index is 12.6. The van der Waals surface area contributed by atoms with Crippen molar-refractivity contribution < 1.29 is 4.39 Å². The first kappa shape index (κ1) is 11.1. The third-order valence-corrected chi connectivity index (χ3v) is 2.26. The van der Waals surface area contributed by atoms with Gasteiger partial charge in [0.2, 0.25) is 0 Å². The zero-order valence-electron chi connectivity index (χ0n) is 8.63. The molecule has 0 radical (unpaired) electrons. The second-order valence-electron chi connectivity index (χ2n) is 3.58. The normalized spacial score (nSPS) is 15.1. The molecule has 0 aliphatic carbocycles.